The molecule has 2 aromatic heterocycles. The Hall–Kier alpha value is -3.50. The molecular formula is C23H21N5O2. The Morgan fingerprint density at radius 3 is 2.63 bits per heavy atom. The SMILES string of the molecule is N#Cc1ccc(C(=O)N2CCC3(CC2)OCCc2cn(-c4ccccc4)nc23)nc1. The molecule has 0 saturated carbocycles. The van der Waals surface area contributed by atoms with Crippen molar-refractivity contribution in [1.29, 1.82) is 5.26 Å². The van der Waals surface area contributed by atoms with Gasteiger partial charge in [-0.05, 0) is 49.1 Å². The molecular weight excluding hydrogens is 378 g/mol. The third-order valence-corrected chi connectivity index (χ3v) is 5.96. The third-order valence-electron chi connectivity index (χ3n) is 5.96. The standard InChI is InChI=1S/C23H21N5O2/c24-14-17-6-7-20(25-15-17)22(29)27-11-9-23(10-12-27)21-18(8-13-30-23)16-28(26-21)19-4-2-1-3-5-19/h1-7,15-16H,8-13H2. The molecule has 0 atom stereocenters. The lowest BCUT2D eigenvalue weighted by atomic mass is 9.83. The van der Waals surface area contributed by atoms with Crippen LogP contribution < -0.4 is 0 Å². The first-order chi connectivity index (χ1) is 14.7. The molecule has 5 rings (SSSR count). The van der Waals surface area contributed by atoms with Crippen molar-refractivity contribution in [2.45, 2.75) is 24.9 Å². The third kappa shape index (κ3) is 3.15. The van der Waals surface area contributed by atoms with Crippen LogP contribution in [0.5, 0.6) is 0 Å². The van der Waals surface area contributed by atoms with E-state index in [2.05, 4.69) is 11.2 Å². The van der Waals surface area contributed by atoms with Gasteiger partial charge in [0.1, 0.15) is 17.4 Å². The van der Waals surface area contributed by atoms with Crippen LogP contribution in [-0.4, -0.2) is 45.3 Å². The van der Waals surface area contributed by atoms with Crippen molar-refractivity contribution in [1.82, 2.24) is 19.7 Å². The van der Waals surface area contributed by atoms with E-state index in [0.29, 0.717) is 43.8 Å². The molecule has 150 valence electrons. The van der Waals surface area contributed by atoms with E-state index in [9.17, 15) is 4.79 Å². The topological polar surface area (TPSA) is 84.0 Å². The van der Waals surface area contributed by atoms with E-state index in [-0.39, 0.29) is 5.91 Å². The predicted octanol–water partition coefficient (Wildman–Crippen LogP) is 2.84. The summed E-state index contributed by atoms with van der Waals surface area (Å²) in [5.41, 5.74) is 3.62. The first-order valence-corrected chi connectivity index (χ1v) is 10.1. The average Bonchev–Trinajstić information content (AvgIpc) is 3.26. The molecule has 7 heteroatoms. The van der Waals surface area contributed by atoms with Crippen molar-refractivity contribution in [2.75, 3.05) is 19.7 Å². The Kier molecular flexibility index (Phi) is 4.57. The molecule has 2 aliphatic heterocycles. The van der Waals surface area contributed by atoms with Crippen LogP contribution in [0, 0.1) is 11.3 Å². The summed E-state index contributed by atoms with van der Waals surface area (Å²) >= 11 is 0. The van der Waals surface area contributed by atoms with Crippen LogP contribution in [0.2, 0.25) is 0 Å². The van der Waals surface area contributed by atoms with E-state index < -0.39 is 5.60 Å². The van der Waals surface area contributed by atoms with Gasteiger partial charge in [-0.3, -0.25) is 4.79 Å². The molecule has 1 spiro atoms. The molecule has 1 saturated heterocycles. The maximum absolute atomic E-state index is 12.8. The van der Waals surface area contributed by atoms with Crippen molar-refractivity contribution < 1.29 is 9.53 Å². The number of aromatic nitrogens is 3. The van der Waals surface area contributed by atoms with Crippen molar-refractivity contribution >= 4 is 5.91 Å². The molecule has 4 heterocycles. The van der Waals surface area contributed by atoms with Gasteiger partial charge < -0.3 is 9.64 Å². The predicted molar refractivity (Wildman–Crippen MR) is 109 cm³/mol. The van der Waals surface area contributed by atoms with E-state index in [1.807, 2.05) is 46.0 Å². The summed E-state index contributed by atoms with van der Waals surface area (Å²) in [6, 6.07) is 15.3. The Labute approximate surface area is 174 Å². The van der Waals surface area contributed by atoms with Gasteiger partial charge in [-0.15, -0.1) is 0 Å². The van der Waals surface area contributed by atoms with Gasteiger partial charge in [0, 0.05) is 25.5 Å². The molecule has 1 aromatic carbocycles. The van der Waals surface area contributed by atoms with Crippen LogP contribution in [0.15, 0.2) is 54.9 Å². The lowest BCUT2D eigenvalue weighted by molar-refractivity contribution is -0.0963. The maximum atomic E-state index is 12.8. The summed E-state index contributed by atoms with van der Waals surface area (Å²) in [6.45, 7) is 1.83. The molecule has 30 heavy (non-hydrogen) atoms. The zero-order valence-electron chi connectivity index (χ0n) is 16.5. The molecule has 0 aliphatic carbocycles. The average molecular weight is 399 g/mol. The van der Waals surface area contributed by atoms with Gasteiger partial charge in [-0.25, -0.2) is 9.67 Å². The number of para-hydroxylation sites is 1. The first-order valence-electron chi connectivity index (χ1n) is 10.1. The number of fused-ring (bicyclic) bond motifs is 2. The highest BCUT2D eigenvalue weighted by Crippen LogP contribution is 2.41. The molecule has 0 N–H and O–H groups in total. The number of hydrogen-bond acceptors (Lipinski definition) is 5. The molecule has 2 aliphatic rings. The number of nitriles is 1. The van der Waals surface area contributed by atoms with Crippen LogP contribution in [0.1, 0.15) is 40.2 Å². The minimum atomic E-state index is -0.442. The second-order valence-corrected chi connectivity index (χ2v) is 7.71. The number of carbonyl (C=O) groups excluding carboxylic acids is 1. The molecule has 1 fully saturated rings. The maximum Gasteiger partial charge on any atom is 0.272 e. The van der Waals surface area contributed by atoms with Crippen molar-refractivity contribution in [2.24, 2.45) is 0 Å². The van der Waals surface area contributed by atoms with Gasteiger partial charge in [0.25, 0.3) is 5.91 Å². The van der Waals surface area contributed by atoms with Crippen molar-refractivity contribution in [3.8, 4) is 11.8 Å². The lowest BCUT2D eigenvalue weighted by Crippen LogP contribution is -2.48. The van der Waals surface area contributed by atoms with Crippen LogP contribution in [-0.2, 0) is 16.8 Å². The second kappa shape index (κ2) is 7.39. The largest absolute Gasteiger partial charge is 0.368 e. The van der Waals surface area contributed by atoms with E-state index >= 15 is 0 Å². The number of nitrogens with zero attached hydrogens (tertiary/aromatic N) is 5. The summed E-state index contributed by atoms with van der Waals surface area (Å²) in [6.07, 6.45) is 5.79. The number of piperidine rings is 1. The normalized spacial score (nSPS) is 17.4. The summed E-state index contributed by atoms with van der Waals surface area (Å²) in [7, 11) is 0. The smallest absolute Gasteiger partial charge is 0.272 e. The number of rotatable bonds is 2. The van der Waals surface area contributed by atoms with Crippen LogP contribution in [0.4, 0.5) is 0 Å². The monoisotopic (exact) mass is 399 g/mol. The summed E-state index contributed by atoms with van der Waals surface area (Å²) in [5.74, 6) is -0.111. The number of hydrogen-bond donors (Lipinski definition) is 0. The van der Waals surface area contributed by atoms with E-state index in [4.69, 9.17) is 15.1 Å². The Morgan fingerprint density at radius 2 is 1.93 bits per heavy atom. The van der Waals surface area contributed by atoms with E-state index in [1.165, 1.54) is 11.8 Å². The molecule has 3 aromatic rings. The summed E-state index contributed by atoms with van der Waals surface area (Å²) in [4.78, 5) is 18.8. The Balaban J connectivity index is 1.35. The van der Waals surface area contributed by atoms with Crippen LogP contribution in [0.25, 0.3) is 5.69 Å². The fraction of sp³-hybridized carbons (Fsp3) is 0.304. The molecule has 0 radical (unpaired) electrons. The number of likely N-dealkylation sites (tertiary alicyclic amines) is 1. The van der Waals surface area contributed by atoms with Gasteiger partial charge in [0.15, 0.2) is 0 Å². The van der Waals surface area contributed by atoms with Gasteiger partial charge in [0.2, 0.25) is 0 Å². The van der Waals surface area contributed by atoms with Crippen LogP contribution in [0.3, 0.4) is 0 Å². The van der Waals surface area contributed by atoms with Crippen LogP contribution >= 0.6 is 0 Å². The minimum Gasteiger partial charge on any atom is -0.368 e. The lowest BCUT2D eigenvalue weighted by Gasteiger charge is -2.42. The fourth-order valence-corrected chi connectivity index (χ4v) is 4.31. The highest BCUT2D eigenvalue weighted by molar-refractivity contribution is 5.92. The zero-order valence-corrected chi connectivity index (χ0v) is 16.5. The highest BCUT2D eigenvalue weighted by atomic mass is 16.5. The van der Waals surface area contributed by atoms with E-state index in [1.54, 1.807) is 12.1 Å². The highest BCUT2D eigenvalue weighted by Gasteiger charge is 2.44. The van der Waals surface area contributed by atoms with E-state index in [0.717, 1.165) is 17.8 Å². The molecule has 0 bridgehead atoms. The molecule has 0 unspecified atom stereocenters. The molecule has 7 nitrogen and oxygen atoms in total. The van der Waals surface area contributed by atoms with Gasteiger partial charge in [-0.2, -0.15) is 10.4 Å². The summed E-state index contributed by atoms with van der Waals surface area (Å²) in [5, 5.41) is 13.8. The Bertz CT molecular complexity index is 1110. The second-order valence-electron chi connectivity index (χ2n) is 7.71. The summed E-state index contributed by atoms with van der Waals surface area (Å²) < 4.78 is 8.21. The number of amides is 1. The quantitative estimate of drug-likeness (QED) is 0.662. The number of pyridine rings is 1. The molecule has 1 amide bonds. The van der Waals surface area contributed by atoms with Crippen molar-refractivity contribution in [3.63, 3.8) is 0 Å². The minimum absolute atomic E-state index is 0.111. The van der Waals surface area contributed by atoms with Gasteiger partial charge >= 0.3 is 0 Å². The van der Waals surface area contributed by atoms with Crippen molar-refractivity contribution in [3.05, 3.63) is 77.4 Å². The van der Waals surface area contributed by atoms with Gasteiger partial charge in [0.05, 0.1) is 23.6 Å². The fourth-order valence-electron chi connectivity index (χ4n) is 4.31. The first kappa shape index (κ1) is 18.5. The zero-order chi connectivity index (χ0) is 20.6. The number of ether oxygens (including phenoxy) is 1. The number of carbonyl (C=O) groups is 1. The van der Waals surface area contributed by atoms with Gasteiger partial charge in [-0.1, -0.05) is 18.2 Å². The number of benzene rings is 1. The Morgan fingerprint density at radius 1 is 1.13 bits per heavy atom.